The van der Waals surface area contributed by atoms with Crippen LogP contribution in [-0.2, 0) is 30.7 Å². The predicted molar refractivity (Wildman–Crippen MR) is 94.5 cm³/mol. The van der Waals surface area contributed by atoms with E-state index in [2.05, 4.69) is 10.1 Å². The summed E-state index contributed by atoms with van der Waals surface area (Å²) in [7, 11) is -0.984. The van der Waals surface area contributed by atoms with Gasteiger partial charge in [0, 0.05) is 26.0 Å². The van der Waals surface area contributed by atoms with Crippen LogP contribution in [0, 0.1) is 6.92 Å². The van der Waals surface area contributed by atoms with E-state index in [0.717, 1.165) is 0 Å². The van der Waals surface area contributed by atoms with Crippen LogP contribution in [0.25, 0.3) is 17.1 Å². The quantitative estimate of drug-likeness (QED) is 0.303. The zero-order valence-corrected chi connectivity index (χ0v) is 18.5. The molecule has 11 heteroatoms. The van der Waals surface area contributed by atoms with Gasteiger partial charge in [-0.3, -0.25) is 4.57 Å². The molecule has 1 N–H and O–H groups in total. The maximum Gasteiger partial charge on any atom is 2.00 e. The molecule has 2 aromatic heterocycles. The molecule has 0 atom stereocenters. The van der Waals surface area contributed by atoms with E-state index in [1.165, 1.54) is 18.9 Å². The molecule has 0 bridgehead atoms. The molecule has 0 amide bonds. The summed E-state index contributed by atoms with van der Waals surface area (Å²) in [5.41, 5.74) is 1.34. The minimum absolute atomic E-state index is 0. The van der Waals surface area contributed by atoms with E-state index in [9.17, 15) is 9.67 Å². The Hall–Kier alpha value is -1.37. The molecule has 0 aliphatic rings. The van der Waals surface area contributed by atoms with Crippen LogP contribution in [0.3, 0.4) is 0 Å². The van der Waals surface area contributed by atoms with E-state index in [1.807, 2.05) is 6.07 Å². The monoisotopic (exact) mass is 492 g/mol. The number of aromatic nitrogens is 3. The second-order valence-electron chi connectivity index (χ2n) is 5.26. The molecule has 1 aromatic carbocycles. The summed E-state index contributed by atoms with van der Waals surface area (Å²) >= 11 is 0. The third-order valence-corrected chi connectivity index (χ3v) is 5.85. The van der Waals surface area contributed by atoms with Crippen LogP contribution in [0.2, 0.25) is 0 Å². The van der Waals surface area contributed by atoms with Crippen molar-refractivity contribution in [3.63, 3.8) is 0 Å². The number of nitrogens with zero attached hydrogens (tertiary/aromatic N) is 3. The average molecular weight is 494 g/mol. The summed E-state index contributed by atoms with van der Waals surface area (Å²) in [4.78, 5) is 4.30. The fraction of sp³-hybridized carbons (Fsp3) is 0.176. The van der Waals surface area contributed by atoms with Crippen LogP contribution < -0.4 is 30.1 Å². The Morgan fingerprint density at radius 1 is 1.04 bits per heavy atom. The van der Waals surface area contributed by atoms with Gasteiger partial charge in [-0.15, -0.1) is 0 Å². The smallest absolute Gasteiger partial charge is 1.00 e. The number of aromatic hydroxyl groups is 1. The Kier molecular flexibility index (Phi) is 10.4. The van der Waals surface area contributed by atoms with Crippen molar-refractivity contribution in [3.05, 3.63) is 54.4 Å². The van der Waals surface area contributed by atoms with Gasteiger partial charge in [-0.2, -0.15) is 5.10 Å². The van der Waals surface area contributed by atoms with Crippen molar-refractivity contribution in [1.29, 1.82) is 0 Å². The first kappa shape index (κ1) is 26.6. The number of benzene rings is 1. The normalized spacial score (nSPS) is 10.4. The Morgan fingerprint density at radius 3 is 2.18 bits per heavy atom. The average Bonchev–Trinajstić information content (AvgIpc) is 3.00. The topological polar surface area (TPSA) is 86.5 Å². The molecule has 0 aliphatic heterocycles. The molecule has 0 saturated heterocycles. The molecule has 7 nitrogen and oxygen atoms in total. The Bertz CT molecular complexity index is 949. The van der Waals surface area contributed by atoms with Crippen LogP contribution in [0.15, 0.2) is 48.7 Å². The molecule has 2 heterocycles. The summed E-state index contributed by atoms with van der Waals surface area (Å²) in [6, 6.07) is 12.1. The maximum atomic E-state index is 13.1. The van der Waals surface area contributed by atoms with Crippen LogP contribution in [0.4, 0.5) is 0 Å². The number of rotatable bonds is 5. The molecule has 0 fully saturated rings. The number of phenolic OH excluding ortho intramolecular Hbond substituents is 1. The van der Waals surface area contributed by atoms with Gasteiger partial charge in [-0.25, -0.2) is 9.67 Å². The van der Waals surface area contributed by atoms with Gasteiger partial charge >= 0.3 is 24.7 Å². The summed E-state index contributed by atoms with van der Waals surface area (Å²) in [6.07, 6.45) is 1.63. The number of pyridine rings is 1. The third kappa shape index (κ3) is 4.78. The SMILES string of the molecule is COP(=O)(OC)c1c(C)nn(-c2ccccn2)c1-c1ccccc1O.[Cl-].[Cl-].[Cu+2]. The van der Waals surface area contributed by atoms with E-state index in [1.54, 1.807) is 49.5 Å². The second kappa shape index (κ2) is 11.0. The van der Waals surface area contributed by atoms with Crippen LogP contribution >= 0.6 is 7.60 Å². The van der Waals surface area contributed by atoms with Gasteiger partial charge in [0.15, 0.2) is 5.82 Å². The van der Waals surface area contributed by atoms with E-state index in [4.69, 9.17) is 9.05 Å². The van der Waals surface area contributed by atoms with Crippen molar-refractivity contribution >= 4 is 12.9 Å². The molecule has 0 spiro atoms. The van der Waals surface area contributed by atoms with Crippen molar-refractivity contribution in [3.8, 4) is 22.8 Å². The van der Waals surface area contributed by atoms with Crippen LogP contribution in [-0.4, -0.2) is 34.1 Å². The molecule has 0 aliphatic carbocycles. The molecule has 3 rings (SSSR count). The molecule has 3 aromatic rings. The standard InChI is InChI=1S/C17H18N3O4P.2ClH.Cu/c1-12-17(25(22,23-2)24-3)16(13-8-4-5-9-14(13)21)20(19-12)15-10-6-7-11-18-15;;;/h4-11,21H,1-3H3;2*1H;/q;;;+2/p-2. The molecular formula is C17H18Cl2CuN3O4P. The first-order chi connectivity index (χ1) is 12.0. The molecule has 0 saturated carbocycles. The van der Waals surface area contributed by atoms with E-state index < -0.39 is 7.60 Å². The van der Waals surface area contributed by atoms with Crippen molar-refractivity contribution in [2.24, 2.45) is 0 Å². The zero-order valence-electron chi connectivity index (χ0n) is 15.1. The van der Waals surface area contributed by atoms with Crippen molar-refractivity contribution in [2.45, 2.75) is 6.92 Å². The Balaban J connectivity index is 0.00000243. The molecule has 28 heavy (non-hydrogen) atoms. The first-order valence-electron chi connectivity index (χ1n) is 7.53. The number of hydrogen-bond acceptors (Lipinski definition) is 6. The van der Waals surface area contributed by atoms with Gasteiger partial charge in [-0.1, -0.05) is 18.2 Å². The predicted octanol–water partition coefficient (Wildman–Crippen LogP) is -2.93. The fourth-order valence-electron chi connectivity index (χ4n) is 2.66. The van der Waals surface area contributed by atoms with Gasteiger partial charge in [0.1, 0.15) is 11.1 Å². The summed E-state index contributed by atoms with van der Waals surface area (Å²) in [6.45, 7) is 1.71. The van der Waals surface area contributed by atoms with E-state index >= 15 is 0 Å². The van der Waals surface area contributed by atoms with Gasteiger partial charge in [-0.05, 0) is 31.2 Å². The van der Waals surface area contributed by atoms with Gasteiger partial charge in [0.25, 0.3) is 0 Å². The van der Waals surface area contributed by atoms with Crippen molar-refractivity contribution < 1.29 is 60.6 Å². The summed E-state index contributed by atoms with van der Waals surface area (Å²) in [5.74, 6) is 0.549. The second-order valence-corrected chi connectivity index (χ2v) is 7.43. The molecule has 0 unspecified atom stereocenters. The van der Waals surface area contributed by atoms with E-state index in [-0.39, 0.29) is 47.6 Å². The molecular weight excluding hydrogens is 476 g/mol. The van der Waals surface area contributed by atoms with Gasteiger partial charge in [0.2, 0.25) is 0 Å². The minimum Gasteiger partial charge on any atom is -1.00 e. The van der Waals surface area contributed by atoms with E-state index in [0.29, 0.717) is 28.1 Å². The molecule has 1 radical (unpaired) electrons. The largest absolute Gasteiger partial charge is 2.00 e. The molecule has 155 valence electrons. The number of aryl methyl sites for hydroxylation is 1. The number of phenols is 1. The Labute approximate surface area is 186 Å². The summed E-state index contributed by atoms with van der Waals surface area (Å²) in [5, 5.41) is 15.1. The third-order valence-electron chi connectivity index (χ3n) is 3.81. The number of hydrogen-bond donors (Lipinski definition) is 1. The minimum atomic E-state index is -3.62. The van der Waals surface area contributed by atoms with Gasteiger partial charge in [0.05, 0.1) is 11.4 Å². The Morgan fingerprint density at radius 2 is 1.64 bits per heavy atom. The fourth-order valence-corrected chi connectivity index (χ4v) is 4.09. The summed E-state index contributed by atoms with van der Waals surface area (Å²) < 4.78 is 25.0. The zero-order chi connectivity index (χ0) is 18.0. The van der Waals surface area contributed by atoms with Crippen molar-refractivity contribution in [1.82, 2.24) is 14.8 Å². The first-order valence-corrected chi connectivity index (χ1v) is 9.07. The van der Waals surface area contributed by atoms with Gasteiger partial charge < -0.3 is 39.0 Å². The number of halogens is 2. The van der Waals surface area contributed by atoms with Crippen LogP contribution in [0.1, 0.15) is 5.69 Å². The van der Waals surface area contributed by atoms with Crippen molar-refractivity contribution in [2.75, 3.05) is 14.2 Å². The van der Waals surface area contributed by atoms with Crippen LogP contribution in [0.5, 0.6) is 5.75 Å². The maximum absolute atomic E-state index is 13.1. The number of para-hydroxylation sites is 1.